The molecule has 1 saturated heterocycles. The molecule has 5 rings (SSSR count). The van der Waals surface area contributed by atoms with Gasteiger partial charge in [-0.1, -0.05) is 6.07 Å². The molecule has 0 saturated carbocycles. The van der Waals surface area contributed by atoms with Crippen molar-refractivity contribution in [3.63, 3.8) is 0 Å². The molecule has 172 valence electrons. The predicted octanol–water partition coefficient (Wildman–Crippen LogP) is 4.12. The smallest absolute Gasteiger partial charge is 0.245 e. The van der Waals surface area contributed by atoms with Crippen molar-refractivity contribution in [2.75, 3.05) is 26.3 Å². The molecule has 1 N–H and O–H groups in total. The average Bonchev–Trinajstić information content (AvgIpc) is 3.52. The van der Waals surface area contributed by atoms with E-state index in [1.54, 1.807) is 34.1 Å². The first-order valence-corrected chi connectivity index (χ1v) is 12.2. The molecule has 1 aromatic carbocycles. The molecule has 0 bridgehead atoms. The van der Waals surface area contributed by atoms with Gasteiger partial charge in [-0.2, -0.15) is 5.10 Å². The first kappa shape index (κ1) is 21.8. The van der Waals surface area contributed by atoms with Crippen LogP contribution < -0.4 is 9.47 Å². The molecule has 0 spiro atoms. The summed E-state index contributed by atoms with van der Waals surface area (Å²) in [6.07, 6.45) is 1.25. The highest BCUT2D eigenvalue weighted by Gasteiger charge is 2.32. The van der Waals surface area contributed by atoms with Crippen molar-refractivity contribution in [2.45, 2.75) is 25.8 Å². The van der Waals surface area contributed by atoms with Crippen LogP contribution in [0.25, 0.3) is 10.7 Å². The number of piperidine rings is 1. The molecule has 3 aromatic rings. The number of amides is 1. The molecule has 1 atom stereocenters. The standard InChI is InChI=1S/C23H24N4O4S2/c1-14(27-21(24-25-23(27)32)19-3-2-12-33-19)22(29)26-8-6-15(7-9-26)20(28)16-4-5-17-18(13-16)31-11-10-30-17/h2-5,12-15H,6-11H2,1H3,(H,25,32). The molecule has 2 aliphatic heterocycles. The van der Waals surface area contributed by atoms with Gasteiger partial charge in [0, 0.05) is 24.6 Å². The zero-order chi connectivity index (χ0) is 22.9. The number of H-pyrrole nitrogens is 1. The third-order valence-electron chi connectivity index (χ3n) is 6.19. The van der Waals surface area contributed by atoms with Gasteiger partial charge in [0.1, 0.15) is 19.3 Å². The number of hydrogen-bond donors (Lipinski definition) is 1. The highest BCUT2D eigenvalue weighted by atomic mass is 32.1. The summed E-state index contributed by atoms with van der Waals surface area (Å²) in [4.78, 5) is 29.1. The van der Waals surface area contributed by atoms with Gasteiger partial charge in [0.05, 0.1) is 4.88 Å². The third kappa shape index (κ3) is 4.20. The van der Waals surface area contributed by atoms with E-state index in [9.17, 15) is 9.59 Å². The Morgan fingerprint density at radius 3 is 2.67 bits per heavy atom. The van der Waals surface area contributed by atoms with Crippen LogP contribution in [-0.2, 0) is 4.79 Å². The Hall–Kier alpha value is -2.98. The number of Topliss-reactive ketones (excluding diaryl/α,β-unsaturated/α-hetero) is 1. The monoisotopic (exact) mass is 484 g/mol. The average molecular weight is 485 g/mol. The van der Waals surface area contributed by atoms with Crippen LogP contribution in [0.4, 0.5) is 0 Å². The lowest BCUT2D eigenvalue weighted by Crippen LogP contribution is -2.43. The van der Waals surface area contributed by atoms with Crippen LogP contribution in [0.2, 0.25) is 0 Å². The zero-order valence-electron chi connectivity index (χ0n) is 18.2. The fourth-order valence-corrected chi connectivity index (χ4v) is 5.41. The lowest BCUT2D eigenvalue weighted by molar-refractivity contribution is -0.135. The maximum Gasteiger partial charge on any atom is 0.245 e. The molecule has 0 radical (unpaired) electrons. The summed E-state index contributed by atoms with van der Waals surface area (Å²) in [5.41, 5.74) is 0.627. The minimum atomic E-state index is -0.488. The molecule has 2 aliphatic rings. The second-order valence-electron chi connectivity index (χ2n) is 8.20. The summed E-state index contributed by atoms with van der Waals surface area (Å²) in [6, 6.07) is 8.77. The normalized spacial score (nSPS) is 17.1. The van der Waals surface area contributed by atoms with E-state index in [-0.39, 0.29) is 17.6 Å². The third-order valence-corrected chi connectivity index (χ3v) is 7.35. The lowest BCUT2D eigenvalue weighted by Gasteiger charge is -2.33. The number of nitrogens with zero attached hydrogens (tertiary/aromatic N) is 3. The van der Waals surface area contributed by atoms with E-state index in [2.05, 4.69) is 10.2 Å². The largest absolute Gasteiger partial charge is 0.486 e. The van der Waals surface area contributed by atoms with Crippen molar-refractivity contribution in [3.05, 3.63) is 46.0 Å². The Bertz CT molecular complexity index is 1230. The van der Waals surface area contributed by atoms with E-state index in [0.717, 1.165) is 4.88 Å². The molecule has 1 amide bonds. The number of ketones is 1. The predicted molar refractivity (Wildman–Crippen MR) is 127 cm³/mol. The summed E-state index contributed by atoms with van der Waals surface area (Å²) in [5, 5.41) is 9.11. The van der Waals surface area contributed by atoms with Gasteiger partial charge in [-0.25, -0.2) is 0 Å². The number of fused-ring (bicyclic) bond motifs is 1. The van der Waals surface area contributed by atoms with Crippen molar-refractivity contribution in [1.82, 2.24) is 19.7 Å². The van der Waals surface area contributed by atoms with Crippen molar-refractivity contribution in [1.29, 1.82) is 0 Å². The van der Waals surface area contributed by atoms with Gasteiger partial charge in [0.15, 0.2) is 27.9 Å². The van der Waals surface area contributed by atoms with Crippen LogP contribution in [0.15, 0.2) is 35.7 Å². The van der Waals surface area contributed by atoms with Gasteiger partial charge < -0.3 is 14.4 Å². The number of rotatable bonds is 5. The molecular weight excluding hydrogens is 460 g/mol. The molecule has 33 heavy (non-hydrogen) atoms. The summed E-state index contributed by atoms with van der Waals surface area (Å²) in [5.74, 6) is 1.91. The molecular formula is C23H24N4O4S2. The van der Waals surface area contributed by atoms with Crippen molar-refractivity contribution in [2.24, 2.45) is 5.92 Å². The summed E-state index contributed by atoms with van der Waals surface area (Å²) in [6.45, 7) is 3.91. The Morgan fingerprint density at radius 1 is 1.18 bits per heavy atom. The van der Waals surface area contributed by atoms with Crippen LogP contribution in [-0.4, -0.2) is 57.7 Å². The number of ether oxygens (including phenoxy) is 2. The number of hydrogen-bond acceptors (Lipinski definition) is 7. The summed E-state index contributed by atoms with van der Waals surface area (Å²) in [7, 11) is 0. The highest BCUT2D eigenvalue weighted by Crippen LogP contribution is 2.33. The number of aromatic amines is 1. The lowest BCUT2D eigenvalue weighted by atomic mass is 9.88. The van der Waals surface area contributed by atoms with Gasteiger partial charge in [-0.15, -0.1) is 11.3 Å². The molecule has 8 nitrogen and oxygen atoms in total. The quantitative estimate of drug-likeness (QED) is 0.433. The Balaban J connectivity index is 1.25. The fourth-order valence-electron chi connectivity index (χ4n) is 4.41. The van der Waals surface area contributed by atoms with Crippen LogP contribution in [0.1, 0.15) is 36.2 Å². The number of carbonyl (C=O) groups is 2. The minimum Gasteiger partial charge on any atom is -0.486 e. The van der Waals surface area contributed by atoms with Gasteiger partial charge in [-0.3, -0.25) is 19.3 Å². The zero-order valence-corrected chi connectivity index (χ0v) is 19.8. The van der Waals surface area contributed by atoms with E-state index in [1.165, 1.54) is 0 Å². The number of likely N-dealkylation sites (tertiary alicyclic amines) is 1. The number of aromatic nitrogens is 3. The SMILES string of the molecule is CC(C(=O)N1CCC(C(=O)c2ccc3c(c2)OCCO3)CC1)n1c(-c2cccs2)n[nH]c1=S. The number of thiophene rings is 1. The fraction of sp³-hybridized carbons (Fsp3) is 0.391. The molecule has 0 aliphatic carbocycles. The van der Waals surface area contributed by atoms with E-state index in [0.29, 0.717) is 66.8 Å². The number of nitrogens with one attached hydrogen (secondary N) is 1. The molecule has 10 heteroatoms. The van der Waals surface area contributed by atoms with Crippen LogP contribution in [0, 0.1) is 10.7 Å². The van der Waals surface area contributed by atoms with Gasteiger partial charge in [0.25, 0.3) is 0 Å². The van der Waals surface area contributed by atoms with Gasteiger partial charge in [-0.05, 0) is 61.6 Å². The van der Waals surface area contributed by atoms with Crippen molar-refractivity contribution >= 4 is 35.2 Å². The van der Waals surface area contributed by atoms with Gasteiger partial charge >= 0.3 is 0 Å². The van der Waals surface area contributed by atoms with Crippen molar-refractivity contribution < 1.29 is 19.1 Å². The van der Waals surface area contributed by atoms with E-state index < -0.39 is 6.04 Å². The Kier molecular flexibility index (Phi) is 6.03. The first-order valence-electron chi connectivity index (χ1n) is 11.0. The van der Waals surface area contributed by atoms with E-state index >= 15 is 0 Å². The minimum absolute atomic E-state index is 0.0180. The molecule has 2 aromatic heterocycles. The molecule has 1 fully saturated rings. The van der Waals surface area contributed by atoms with Gasteiger partial charge in [0.2, 0.25) is 5.91 Å². The van der Waals surface area contributed by atoms with Crippen molar-refractivity contribution in [3.8, 4) is 22.2 Å². The number of benzene rings is 1. The first-order chi connectivity index (χ1) is 16.0. The Labute approximate surface area is 200 Å². The molecule has 1 unspecified atom stereocenters. The topological polar surface area (TPSA) is 89.4 Å². The van der Waals surface area contributed by atoms with Crippen LogP contribution in [0.3, 0.4) is 0 Å². The molecule has 4 heterocycles. The highest BCUT2D eigenvalue weighted by molar-refractivity contribution is 7.71. The summed E-state index contributed by atoms with van der Waals surface area (Å²) >= 11 is 6.96. The van der Waals surface area contributed by atoms with E-state index in [1.807, 2.05) is 29.3 Å². The van der Waals surface area contributed by atoms with Crippen LogP contribution in [0.5, 0.6) is 11.5 Å². The maximum atomic E-state index is 13.3. The van der Waals surface area contributed by atoms with E-state index in [4.69, 9.17) is 21.7 Å². The van der Waals surface area contributed by atoms with Crippen LogP contribution >= 0.6 is 23.6 Å². The Morgan fingerprint density at radius 2 is 1.94 bits per heavy atom. The number of carbonyl (C=O) groups excluding carboxylic acids is 2. The second-order valence-corrected chi connectivity index (χ2v) is 9.53. The summed E-state index contributed by atoms with van der Waals surface area (Å²) < 4.78 is 13.3. The second kappa shape index (κ2) is 9.11. The maximum absolute atomic E-state index is 13.3.